The van der Waals surface area contributed by atoms with Crippen LogP contribution < -0.4 is 14.2 Å². The summed E-state index contributed by atoms with van der Waals surface area (Å²) in [4.78, 5) is 13.9. The number of ether oxygens (including phenoxy) is 1. The van der Waals surface area contributed by atoms with Crippen molar-refractivity contribution in [3.63, 3.8) is 0 Å². The molecule has 152 valence electrons. The summed E-state index contributed by atoms with van der Waals surface area (Å²) in [6, 6.07) is 14.6. The number of nitrogens with zero attached hydrogens (tertiary/aromatic N) is 2. The molecular weight excluding hydrogens is 380 g/mol. The molecule has 0 radical (unpaired) electrons. The molecule has 2 aromatic carbocycles. The average molecular weight is 410 g/mol. The zero-order valence-corrected chi connectivity index (χ0v) is 18.7. The maximum absolute atomic E-state index is 11.7. The summed E-state index contributed by atoms with van der Waals surface area (Å²) in [6.45, 7) is 12.7. The number of rotatable bonds is 7. The van der Waals surface area contributed by atoms with Crippen molar-refractivity contribution in [2.45, 2.75) is 41.2 Å². The van der Waals surface area contributed by atoms with Gasteiger partial charge in [-0.25, -0.2) is 0 Å². The van der Waals surface area contributed by atoms with Crippen LogP contribution in [0.25, 0.3) is 21.9 Å². The Balaban J connectivity index is 2.08. The van der Waals surface area contributed by atoms with Crippen LogP contribution in [0, 0.1) is 0 Å². The zero-order chi connectivity index (χ0) is 21.0. The number of carbonyl (C=O) groups excluding carboxylic acids is 1. The Morgan fingerprint density at radius 3 is 2.48 bits per heavy atom. The first kappa shape index (κ1) is 21.1. The normalized spacial score (nSPS) is 11.7. The second kappa shape index (κ2) is 9.23. The highest BCUT2D eigenvalue weighted by atomic mass is 32.1. The van der Waals surface area contributed by atoms with Gasteiger partial charge in [-0.3, -0.25) is 4.79 Å². The van der Waals surface area contributed by atoms with E-state index in [2.05, 4.69) is 73.6 Å². The van der Waals surface area contributed by atoms with Crippen molar-refractivity contribution in [1.29, 1.82) is 0 Å². The molecule has 0 aliphatic rings. The van der Waals surface area contributed by atoms with Gasteiger partial charge in [0.05, 0.1) is 0 Å². The van der Waals surface area contributed by atoms with Gasteiger partial charge in [-0.2, -0.15) is 4.57 Å². The first-order valence-electron chi connectivity index (χ1n) is 10.2. The van der Waals surface area contributed by atoms with Crippen LogP contribution >= 0.6 is 11.3 Å². The largest absolute Gasteiger partial charge is 0.426 e. The fourth-order valence-corrected chi connectivity index (χ4v) is 4.80. The van der Waals surface area contributed by atoms with E-state index in [0.717, 1.165) is 36.5 Å². The van der Waals surface area contributed by atoms with Crippen LogP contribution in [0.5, 0.6) is 5.75 Å². The lowest BCUT2D eigenvalue weighted by atomic mass is 10.1. The van der Waals surface area contributed by atoms with E-state index in [0.29, 0.717) is 5.75 Å². The molecule has 3 aromatic rings. The minimum Gasteiger partial charge on any atom is -0.426 e. The number of thiazole rings is 1. The van der Waals surface area contributed by atoms with Gasteiger partial charge >= 0.3 is 5.97 Å². The number of aromatic nitrogens is 1. The molecule has 0 amide bonds. The Kier molecular flexibility index (Phi) is 6.70. The minimum absolute atomic E-state index is 0.306. The van der Waals surface area contributed by atoms with E-state index in [9.17, 15) is 4.79 Å². The summed E-state index contributed by atoms with van der Waals surface area (Å²) < 4.78 is 9.17. The number of benzene rings is 2. The number of carbonyl (C=O) groups is 1. The quantitative estimate of drug-likeness (QED) is 0.292. The number of aryl methyl sites for hydroxylation is 1. The smallest absolute Gasteiger partial charge is 0.308 e. The standard InChI is InChI=1S/C24H29N2O2S/c1-6-25(7-2)20-14-13-19(22(16-20)28-18(5)27)15-17(4)24-26(8-3)21-11-9-10-12-23(21)29-24/h9-16H,6-8H2,1-5H3/q+1. The van der Waals surface area contributed by atoms with Gasteiger partial charge in [0.15, 0.2) is 0 Å². The molecule has 0 aliphatic carbocycles. The highest BCUT2D eigenvalue weighted by Crippen LogP contribution is 2.31. The molecule has 5 heteroatoms. The van der Waals surface area contributed by atoms with Crippen LogP contribution in [0.15, 0.2) is 42.5 Å². The van der Waals surface area contributed by atoms with Crippen LogP contribution in [0.2, 0.25) is 0 Å². The lowest BCUT2D eigenvalue weighted by Crippen LogP contribution is -2.34. The molecule has 0 spiro atoms. The average Bonchev–Trinajstić information content (AvgIpc) is 3.09. The maximum Gasteiger partial charge on any atom is 0.308 e. The number of anilines is 1. The third-order valence-electron chi connectivity index (χ3n) is 5.01. The first-order chi connectivity index (χ1) is 14.0. The number of esters is 1. The van der Waals surface area contributed by atoms with Crippen LogP contribution in [0.4, 0.5) is 5.69 Å². The molecule has 29 heavy (non-hydrogen) atoms. The predicted molar refractivity (Wildman–Crippen MR) is 123 cm³/mol. The predicted octanol–water partition coefficient (Wildman–Crippen LogP) is 5.54. The summed E-state index contributed by atoms with van der Waals surface area (Å²) in [5.74, 6) is 0.296. The van der Waals surface area contributed by atoms with Crippen molar-refractivity contribution in [3.8, 4) is 5.75 Å². The molecule has 0 N–H and O–H groups in total. The van der Waals surface area contributed by atoms with Gasteiger partial charge in [-0.15, -0.1) is 0 Å². The molecule has 0 saturated heterocycles. The Bertz CT molecular complexity index is 1050. The second-order valence-electron chi connectivity index (χ2n) is 6.93. The van der Waals surface area contributed by atoms with E-state index in [1.165, 1.54) is 22.1 Å². The lowest BCUT2D eigenvalue weighted by Gasteiger charge is -2.22. The Labute approximate surface area is 177 Å². The van der Waals surface area contributed by atoms with Crippen LogP contribution in [0.3, 0.4) is 0 Å². The van der Waals surface area contributed by atoms with E-state index < -0.39 is 0 Å². The number of fused-ring (bicyclic) bond motifs is 1. The molecule has 0 fully saturated rings. The highest BCUT2D eigenvalue weighted by Gasteiger charge is 2.20. The van der Waals surface area contributed by atoms with Crippen molar-refractivity contribution in [2.24, 2.45) is 0 Å². The molecule has 1 aromatic heterocycles. The first-order valence-corrected chi connectivity index (χ1v) is 11.0. The third kappa shape index (κ3) is 4.51. The summed E-state index contributed by atoms with van der Waals surface area (Å²) >= 11 is 1.79. The van der Waals surface area contributed by atoms with Gasteiger partial charge in [-0.05, 0) is 52.0 Å². The number of allylic oxidation sites excluding steroid dienone is 1. The van der Waals surface area contributed by atoms with Gasteiger partial charge in [-0.1, -0.05) is 23.5 Å². The second-order valence-corrected chi connectivity index (χ2v) is 7.97. The van der Waals surface area contributed by atoms with Gasteiger partial charge < -0.3 is 9.64 Å². The van der Waals surface area contributed by atoms with Crippen molar-refractivity contribution >= 4 is 44.9 Å². The number of hydrogen-bond donors (Lipinski definition) is 0. The van der Waals surface area contributed by atoms with Gasteiger partial charge in [0.2, 0.25) is 5.52 Å². The van der Waals surface area contributed by atoms with Crippen LogP contribution in [0.1, 0.15) is 45.2 Å². The van der Waals surface area contributed by atoms with Crippen molar-refractivity contribution in [2.75, 3.05) is 18.0 Å². The van der Waals surface area contributed by atoms with Gasteiger partial charge in [0.1, 0.15) is 17.0 Å². The Hall–Kier alpha value is -2.66. The van der Waals surface area contributed by atoms with E-state index in [4.69, 9.17) is 4.74 Å². The molecule has 0 saturated carbocycles. The van der Waals surface area contributed by atoms with Crippen molar-refractivity contribution < 1.29 is 14.1 Å². The number of hydrogen-bond acceptors (Lipinski definition) is 4. The molecule has 4 nitrogen and oxygen atoms in total. The fourth-order valence-electron chi connectivity index (χ4n) is 3.61. The van der Waals surface area contributed by atoms with E-state index in [1.807, 2.05) is 12.1 Å². The molecule has 0 aliphatic heterocycles. The van der Waals surface area contributed by atoms with E-state index in [1.54, 1.807) is 11.3 Å². The molecular formula is C24H29N2O2S+. The summed E-state index contributed by atoms with van der Waals surface area (Å²) in [5, 5.41) is 1.22. The van der Waals surface area contributed by atoms with Crippen molar-refractivity contribution in [3.05, 3.63) is 53.0 Å². The molecule has 1 heterocycles. The molecule has 3 rings (SSSR count). The summed E-state index contributed by atoms with van der Waals surface area (Å²) in [6.07, 6.45) is 2.11. The minimum atomic E-state index is -0.306. The van der Waals surface area contributed by atoms with Gasteiger partial charge in [0.25, 0.3) is 5.01 Å². The van der Waals surface area contributed by atoms with E-state index in [-0.39, 0.29) is 5.97 Å². The molecule has 0 unspecified atom stereocenters. The highest BCUT2D eigenvalue weighted by molar-refractivity contribution is 7.19. The van der Waals surface area contributed by atoms with Crippen molar-refractivity contribution in [1.82, 2.24) is 0 Å². The maximum atomic E-state index is 11.7. The third-order valence-corrected chi connectivity index (χ3v) is 6.31. The molecule has 0 atom stereocenters. The number of para-hydroxylation sites is 1. The zero-order valence-electron chi connectivity index (χ0n) is 17.9. The van der Waals surface area contributed by atoms with Crippen LogP contribution in [-0.4, -0.2) is 19.1 Å². The Morgan fingerprint density at radius 1 is 1.10 bits per heavy atom. The van der Waals surface area contributed by atoms with Gasteiger partial charge in [0, 0.05) is 49.0 Å². The topological polar surface area (TPSA) is 33.4 Å². The monoisotopic (exact) mass is 409 g/mol. The Morgan fingerprint density at radius 2 is 1.83 bits per heavy atom. The molecule has 0 bridgehead atoms. The fraction of sp³-hybridized carbons (Fsp3) is 0.333. The van der Waals surface area contributed by atoms with E-state index >= 15 is 0 Å². The summed E-state index contributed by atoms with van der Waals surface area (Å²) in [7, 11) is 0. The lowest BCUT2D eigenvalue weighted by molar-refractivity contribution is -0.665. The van der Waals surface area contributed by atoms with Crippen LogP contribution in [-0.2, 0) is 11.3 Å². The SMILES string of the molecule is CCN(CC)c1ccc(/C=C(\C)c2sc3ccccc3[n+]2CC)c(OC(C)=O)c1. The summed E-state index contributed by atoms with van der Waals surface area (Å²) in [5.41, 5.74) is 4.37.